The molecule has 0 saturated carbocycles. The summed E-state index contributed by atoms with van der Waals surface area (Å²) in [5.41, 5.74) is 9.68. The van der Waals surface area contributed by atoms with Crippen LogP contribution < -0.4 is 10.5 Å². The van der Waals surface area contributed by atoms with Gasteiger partial charge in [-0.3, -0.25) is 0 Å². The van der Waals surface area contributed by atoms with Gasteiger partial charge in [-0.1, -0.05) is 29.8 Å². The van der Waals surface area contributed by atoms with Crippen molar-refractivity contribution in [2.75, 3.05) is 13.2 Å². The molecule has 3 heteroatoms. The van der Waals surface area contributed by atoms with E-state index in [1.54, 1.807) is 12.1 Å². The predicted octanol–water partition coefficient (Wildman–Crippen LogP) is 3.95. The lowest BCUT2D eigenvalue weighted by molar-refractivity contribution is 0.297. The Morgan fingerprint density at radius 3 is 2.67 bits per heavy atom. The molecule has 21 heavy (non-hydrogen) atoms. The Balaban J connectivity index is 1.98. The number of nitrogens with two attached hydrogens (primary N) is 1. The standard InChI is InChI=1S/C18H22FNO/c1-13-6-7-14(2)18(10-13)15(12-20)8-9-21-17-5-3-4-16(19)11-17/h3-7,10-11,15H,8-9,12,20H2,1-2H3. The van der Waals surface area contributed by atoms with Crippen LogP contribution in [0.1, 0.15) is 29.0 Å². The van der Waals surface area contributed by atoms with Crippen LogP contribution in [0.25, 0.3) is 0 Å². The summed E-state index contributed by atoms with van der Waals surface area (Å²) in [5, 5.41) is 0. The molecule has 1 atom stereocenters. The second-order valence-electron chi connectivity index (χ2n) is 5.39. The maximum Gasteiger partial charge on any atom is 0.126 e. The summed E-state index contributed by atoms with van der Waals surface area (Å²) in [5.74, 6) is 0.544. The van der Waals surface area contributed by atoms with Crippen molar-refractivity contribution in [2.45, 2.75) is 26.2 Å². The minimum absolute atomic E-state index is 0.262. The highest BCUT2D eigenvalue weighted by Crippen LogP contribution is 2.24. The molecule has 0 aromatic heterocycles. The molecule has 0 aliphatic rings. The van der Waals surface area contributed by atoms with Gasteiger partial charge in [0.15, 0.2) is 0 Å². The summed E-state index contributed by atoms with van der Waals surface area (Å²) in [7, 11) is 0. The molecule has 0 amide bonds. The van der Waals surface area contributed by atoms with Crippen LogP contribution in [-0.2, 0) is 0 Å². The molecule has 0 aliphatic heterocycles. The topological polar surface area (TPSA) is 35.2 Å². The molecular weight excluding hydrogens is 265 g/mol. The number of ether oxygens (including phenoxy) is 1. The van der Waals surface area contributed by atoms with Gasteiger partial charge in [0.05, 0.1) is 6.61 Å². The molecule has 2 N–H and O–H groups in total. The van der Waals surface area contributed by atoms with Crippen molar-refractivity contribution in [1.82, 2.24) is 0 Å². The molecule has 0 spiro atoms. The number of hydrogen-bond acceptors (Lipinski definition) is 2. The third-order valence-corrected chi connectivity index (χ3v) is 3.69. The van der Waals surface area contributed by atoms with Crippen LogP contribution in [0.3, 0.4) is 0 Å². The summed E-state index contributed by atoms with van der Waals surface area (Å²) in [4.78, 5) is 0. The summed E-state index contributed by atoms with van der Waals surface area (Å²) < 4.78 is 18.7. The van der Waals surface area contributed by atoms with Crippen LogP contribution in [0, 0.1) is 19.7 Å². The summed E-state index contributed by atoms with van der Waals surface area (Å²) in [6.45, 7) is 5.29. The Morgan fingerprint density at radius 2 is 1.95 bits per heavy atom. The molecule has 0 saturated heterocycles. The lowest BCUT2D eigenvalue weighted by atomic mass is 9.91. The van der Waals surface area contributed by atoms with E-state index in [1.807, 2.05) is 0 Å². The fourth-order valence-corrected chi connectivity index (χ4v) is 2.48. The Morgan fingerprint density at radius 1 is 1.14 bits per heavy atom. The van der Waals surface area contributed by atoms with Crippen molar-refractivity contribution < 1.29 is 9.13 Å². The molecule has 0 radical (unpaired) electrons. The molecule has 0 fully saturated rings. The molecule has 0 aliphatic carbocycles. The highest BCUT2D eigenvalue weighted by atomic mass is 19.1. The van der Waals surface area contributed by atoms with Crippen LogP contribution >= 0.6 is 0 Å². The van der Waals surface area contributed by atoms with Gasteiger partial charge in [0.25, 0.3) is 0 Å². The molecule has 112 valence electrons. The second-order valence-corrected chi connectivity index (χ2v) is 5.39. The first-order valence-corrected chi connectivity index (χ1v) is 7.25. The quantitative estimate of drug-likeness (QED) is 0.873. The maximum atomic E-state index is 13.1. The SMILES string of the molecule is Cc1ccc(C)c(C(CN)CCOc2cccc(F)c2)c1. The summed E-state index contributed by atoms with van der Waals surface area (Å²) in [6.07, 6.45) is 0.817. The van der Waals surface area contributed by atoms with Gasteiger partial charge >= 0.3 is 0 Å². The van der Waals surface area contributed by atoms with E-state index in [4.69, 9.17) is 10.5 Å². The van der Waals surface area contributed by atoms with Crippen LogP contribution in [0.5, 0.6) is 5.75 Å². The zero-order valence-electron chi connectivity index (χ0n) is 12.6. The lowest BCUT2D eigenvalue weighted by Crippen LogP contribution is -2.16. The number of halogens is 1. The Labute approximate surface area is 125 Å². The van der Waals surface area contributed by atoms with Gasteiger partial charge in [-0.05, 0) is 56.0 Å². The number of aryl methyl sites for hydroxylation is 2. The second kappa shape index (κ2) is 7.23. The highest BCUT2D eigenvalue weighted by Gasteiger charge is 2.12. The first-order chi connectivity index (χ1) is 10.1. The molecule has 1 unspecified atom stereocenters. The van der Waals surface area contributed by atoms with E-state index in [0.29, 0.717) is 18.9 Å². The fraction of sp³-hybridized carbons (Fsp3) is 0.333. The Bertz CT molecular complexity index is 598. The molecule has 2 aromatic carbocycles. The van der Waals surface area contributed by atoms with Gasteiger partial charge in [0.1, 0.15) is 11.6 Å². The Kier molecular flexibility index (Phi) is 5.34. The van der Waals surface area contributed by atoms with Crippen molar-refractivity contribution in [3.8, 4) is 5.75 Å². The van der Waals surface area contributed by atoms with E-state index in [9.17, 15) is 4.39 Å². The number of rotatable bonds is 6. The number of benzene rings is 2. The fourth-order valence-electron chi connectivity index (χ4n) is 2.48. The van der Waals surface area contributed by atoms with Gasteiger partial charge in [-0.2, -0.15) is 0 Å². The van der Waals surface area contributed by atoms with Crippen molar-refractivity contribution in [2.24, 2.45) is 5.73 Å². The van der Waals surface area contributed by atoms with Crippen molar-refractivity contribution >= 4 is 0 Å². The van der Waals surface area contributed by atoms with Crippen molar-refractivity contribution in [3.05, 3.63) is 65.0 Å². The minimum atomic E-state index is -0.280. The molecule has 2 rings (SSSR count). The van der Waals surface area contributed by atoms with Gasteiger partial charge in [0, 0.05) is 6.07 Å². The van der Waals surface area contributed by atoms with Crippen LogP contribution in [0.4, 0.5) is 4.39 Å². The summed E-state index contributed by atoms with van der Waals surface area (Å²) in [6, 6.07) is 12.6. The average molecular weight is 287 g/mol. The van der Waals surface area contributed by atoms with Gasteiger partial charge in [0.2, 0.25) is 0 Å². The smallest absolute Gasteiger partial charge is 0.126 e. The Hall–Kier alpha value is -1.87. The van der Waals surface area contributed by atoms with E-state index in [0.717, 1.165) is 6.42 Å². The third-order valence-electron chi connectivity index (χ3n) is 3.69. The normalized spacial score (nSPS) is 12.2. The first-order valence-electron chi connectivity index (χ1n) is 7.25. The number of hydrogen-bond donors (Lipinski definition) is 1. The third kappa shape index (κ3) is 4.30. The predicted molar refractivity (Wildman–Crippen MR) is 84.2 cm³/mol. The first kappa shape index (κ1) is 15.5. The van der Waals surface area contributed by atoms with E-state index in [2.05, 4.69) is 32.0 Å². The molecule has 2 nitrogen and oxygen atoms in total. The lowest BCUT2D eigenvalue weighted by Gasteiger charge is -2.18. The van der Waals surface area contributed by atoms with Crippen molar-refractivity contribution in [3.63, 3.8) is 0 Å². The molecule has 0 bridgehead atoms. The van der Waals surface area contributed by atoms with E-state index in [-0.39, 0.29) is 11.7 Å². The van der Waals surface area contributed by atoms with Gasteiger partial charge < -0.3 is 10.5 Å². The van der Waals surface area contributed by atoms with Crippen LogP contribution in [0.15, 0.2) is 42.5 Å². The largest absolute Gasteiger partial charge is 0.493 e. The average Bonchev–Trinajstić information content (AvgIpc) is 2.47. The van der Waals surface area contributed by atoms with Gasteiger partial charge in [-0.15, -0.1) is 0 Å². The monoisotopic (exact) mass is 287 g/mol. The summed E-state index contributed by atoms with van der Waals surface area (Å²) >= 11 is 0. The highest BCUT2D eigenvalue weighted by molar-refractivity contribution is 5.33. The molecule has 2 aromatic rings. The van der Waals surface area contributed by atoms with E-state index < -0.39 is 0 Å². The van der Waals surface area contributed by atoms with Crippen LogP contribution in [0.2, 0.25) is 0 Å². The van der Waals surface area contributed by atoms with Crippen LogP contribution in [-0.4, -0.2) is 13.2 Å². The minimum Gasteiger partial charge on any atom is -0.493 e. The van der Waals surface area contributed by atoms with Crippen molar-refractivity contribution in [1.29, 1.82) is 0 Å². The molecule has 0 heterocycles. The van der Waals surface area contributed by atoms with E-state index >= 15 is 0 Å². The maximum absolute atomic E-state index is 13.1. The van der Waals surface area contributed by atoms with Gasteiger partial charge in [-0.25, -0.2) is 4.39 Å². The zero-order valence-corrected chi connectivity index (χ0v) is 12.6. The molecular formula is C18H22FNO. The zero-order chi connectivity index (χ0) is 15.2. The van der Waals surface area contributed by atoms with E-state index in [1.165, 1.54) is 28.8 Å².